The first-order valence-corrected chi connectivity index (χ1v) is 11.3. The molecule has 1 aliphatic heterocycles. The second kappa shape index (κ2) is 9.45. The zero-order chi connectivity index (χ0) is 20.9. The van der Waals surface area contributed by atoms with E-state index in [2.05, 4.69) is 17.2 Å². The zero-order valence-corrected chi connectivity index (χ0v) is 17.8. The van der Waals surface area contributed by atoms with Crippen LogP contribution >= 0.6 is 11.8 Å². The van der Waals surface area contributed by atoms with E-state index in [1.807, 2.05) is 42.5 Å². The highest BCUT2D eigenvalue weighted by molar-refractivity contribution is 7.99. The van der Waals surface area contributed by atoms with Crippen LogP contribution in [0, 0.1) is 0 Å². The molecule has 1 aliphatic rings. The Morgan fingerprint density at radius 2 is 2.03 bits per heavy atom. The van der Waals surface area contributed by atoms with Crippen LogP contribution in [0.1, 0.15) is 25.3 Å². The number of benzene rings is 2. The van der Waals surface area contributed by atoms with Crippen molar-refractivity contribution in [3.05, 3.63) is 64.4 Å². The smallest absolute Gasteiger partial charge is 0.266 e. The first kappa shape index (κ1) is 20.6. The van der Waals surface area contributed by atoms with Gasteiger partial charge < -0.3 is 10.1 Å². The average molecular weight is 424 g/mol. The summed E-state index contributed by atoms with van der Waals surface area (Å²) in [5, 5.41) is 3.99. The minimum atomic E-state index is -0.132. The predicted octanol–water partition coefficient (Wildman–Crippen LogP) is 3.34. The number of nitrogens with one attached hydrogen (secondary N) is 1. The number of fused-ring (bicyclic) bond motifs is 1. The lowest BCUT2D eigenvalue weighted by atomic mass is 10.1. The largest absolute Gasteiger partial charge is 0.376 e. The van der Waals surface area contributed by atoms with Gasteiger partial charge in [0.15, 0.2) is 5.16 Å². The van der Waals surface area contributed by atoms with Gasteiger partial charge in [-0.05, 0) is 49.1 Å². The summed E-state index contributed by atoms with van der Waals surface area (Å²) >= 11 is 1.27. The molecule has 0 unspecified atom stereocenters. The van der Waals surface area contributed by atoms with E-state index in [1.54, 1.807) is 10.6 Å². The summed E-state index contributed by atoms with van der Waals surface area (Å²) in [6.45, 7) is 3.38. The van der Waals surface area contributed by atoms with Crippen molar-refractivity contribution >= 4 is 28.6 Å². The summed E-state index contributed by atoms with van der Waals surface area (Å²) in [7, 11) is 0. The third kappa shape index (κ3) is 4.57. The molecule has 156 valence electrons. The lowest BCUT2D eigenvalue weighted by molar-refractivity contribution is -0.119. The first-order chi connectivity index (χ1) is 14.7. The number of rotatable bonds is 7. The first-order valence-electron chi connectivity index (χ1n) is 10.3. The number of aryl methyl sites for hydroxylation is 1. The van der Waals surface area contributed by atoms with Gasteiger partial charge in [0.2, 0.25) is 5.91 Å². The Balaban J connectivity index is 1.60. The highest BCUT2D eigenvalue weighted by atomic mass is 32.2. The summed E-state index contributed by atoms with van der Waals surface area (Å²) in [4.78, 5) is 30.3. The molecule has 1 amide bonds. The molecule has 30 heavy (non-hydrogen) atoms. The van der Waals surface area contributed by atoms with E-state index in [-0.39, 0.29) is 23.3 Å². The highest BCUT2D eigenvalue weighted by Crippen LogP contribution is 2.22. The van der Waals surface area contributed by atoms with E-state index in [9.17, 15) is 9.59 Å². The Morgan fingerprint density at radius 1 is 1.23 bits per heavy atom. The van der Waals surface area contributed by atoms with Gasteiger partial charge in [-0.3, -0.25) is 14.2 Å². The van der Waals surface area contributed by atoms with Gasteiger partial charge in [0, 0.05) is 13.2 Å². The molecule has 1 fully saturated rings. The number of ether oxygens (including phenoxy) is 1. The van der Waals surface area contributed by atoms with E-state index in [4.69, 9.17) is 4.74 Å². The average Bonchev–Trinajstić information content (AvgIpc) is 3.30. The van der Waals surface area contributed by atoms with Crippen LogP contribution in [-0.2, 0) is 16.0 Å². The molecular formula is C23H25N3O3S. The summed E-state index contributed by atoms with van der Waals surface area (Å²) < 4.78 is 7.14. The van der Waals surface area contributed by atoms with Gasteiger partial charge in [0.25, 0.3) is 5.56 Å². The number of para-hydroxylation sites is 1. The summed E-state index contributed by atoms with van der Waals surface area (Å²) in [5.41, 5.74) is 2.44. The van der Waals surface area contributed by atoms with Crippen LogP contribution in [0.2, 0.25) is 0 Å². The minimum Gasteiger partial charge on any atom is -0.376 e. The standard InChI is InChI=1S/C23H25N3O3S/c1-2-16-9-11-17(12-10-16)26-22(28)19-7-3-4-8-20(19)25-23(26)30-15-21(27)24-14-18-6-5-13-29-18/h3-4,7-12,18H,2,5-6,13-15H2,1H3,(H,24,27)/t18-/m1/s1. The van der Waals surface area contributed by atoms with E-state index in [0.29, 0.717) is 22.6 Å². The van der Waals surface area contributed by atoms with Crippen molar-refractivity contribution in [3.8, 4) is 5.69 Å². The molecule has 6 nitrogen and oxygen atoms in total. The van der Waals surface area contributed by atoms with Crippen LogP contribution in [0.4, 0.5) is 0 Å². The number of thioether (sulfide) groups is 1. The number of hydrogen-bond acceptors (Lipinski definition) is 5. The molecule has 2 heterocycles. The predicted molar refractivity (Wildman–Crippen MR) is 119 cm³/mol. The molecule has 1 saturated heterocycles. The van der Waals surface area contributed by atoms with Crippen LogP contribution in [0.15, 0.2) is 58.5 Å². The van der Waals surface area contributed by atoms with Crippen LogP contribution < -0.4 is 10.9 Å². The molecule has 0 bridgehead atoms. The minimum absolute atomic E-state index is 0.0919. The van der Waals surface area contributed by atoms with Crippen molar-refractivity contribution in [1.82, 2.24) is 14.9 Å². The Labute approximate surface area is 179 Å². The van der Waals surface area contributed by atoms with Gasteiger partial charge in [-0.15, -0.1) is 0 Å². The number of amides is 1. The third-order valence-electron chi connectivity index (χ3n) is 5.23. The number of carbonyl (C=O) groups excluding carboxylic acids is 1. The van der Waals surface area contributed by atoms with E-state index >= 15 is 0 Å². The van der Waals surface area contributed by atoms with E-state index in [1.165, 1.54) is 17.3 Å². The summed E-state index contributed by atoms with van der Waals surface area (Å²) in [6, 6.07) is 15.2. The molecule has 1 aromatic heterocycles. The fourth-order valence-electron chi connectivity index (χ4n) is 3.53. The summed E-state index contributed by atoms with van der Waals surface area (Å²) in [6.07, 6.45) is 3.05. The molecule has 4 rings (SSSR count). The third-order valence-corrected chi connectivity index (χ3v) is 6.17. The maximum atomic E-state index is 13.2. The molecule has 0 spiro atoms. The number of carbonyl (C=O) groups is 1. The normalized spacial score (nSPS) is 16.1. The van der Waals surface area contributed by atoms with Gasteiger partial charge in [0.05, 0.1) is 28.4 Å². The Bertz CT molecular complexity index is 1090. The number of aromatic nitrogens is 2. The monoisotopic (exact) mass is 423 g/mol. The Hall–Kier alpha value is -2.64. The SMILES string of the molecule is CCc1ccc(-n2c(SCC(=O)NC[C@H]3CCCO3)nc3ccccc3c2=O)cc1. The topological polar surface area (TPSA) is 73.2 Å². The molecule has 1 N–H and O–H groups in total. The zero-order valence-electron chi connectivity index (χ0n) is 17.0. The lowest BCUT2D eigenvalue weighted by Gasteiger charge is -2.14. The van der Waals surface area contributed by atoms with Gasteiger partial charge in [-0.2, -0.15) is 0 Å². The molecule has 2 aromatic carbocycles. The highest BCUT2D eigenvalue weighted by Gasteiger charge is 2.18. The molecule has 3 aromatic rings. The van der Waals surface area contributed by atoms with Crippen LogP contribution in [0.3, 0.4) is 0 Å². The fraction of sp³-hybridized carbons (Fsp3) is 0.348. The Morgan fingerprint density at radius 3 is 2.77 bits per heavy atom. The molecule has 0 radical (unpaired) electrons. The molecule has 1 atom stereocenters. The van der Waals surface area contributed by atoms with Crippen LogP contribution in [-0.4, -0.2) is 40.5 Å². The maximum absolute atomic E-state index is 13.2. The Kier molecular flexibility index (Phi) is 6.50. The van der Waals surface area contributed by atoms with Gasteiger partial charge in [0.1, 0.15) is 0 Å². The fourth-order valence-corrected chi connectivity index (χ4v) is 4.37. The maximum Gasteiger partial charge on any atom is 0.266 e. The van der Waals surface area contributed by atoms with Crippen molar-refractivity contribution in [2.75, 3.05) is 18.9 Å². The van der Waals surface area contributed by atoms with Gasteiger partial charge >= 0.3 is 0 Å². The number of hydrogen-bond donors (Lipinski definition) is 1. The van der Waals surface area contributed by atoms with Gasteiger partial charge in [-0.25, -0.2) is 4.98 Å². The van der Waals surface area contributed by atoms with E-state index in [0.717, 1.165) is 31.6 Å². The lowest BCUT2D eigenvalue weighted by Crippen LogP contribution is -2.33. The molecule has 0 saturated carbocycles. The van der Waals surface area contributed by atoms with E-state index < -0.39 is 0 Å². The molecular weight excluding hydrogens is 398 g/mol. The quantitative estimate of drug-likeness (QED) is 0.466. The van der Waals surface area contributed by atoms with Crippen molar-refractivity contribution in [3.63, 3.8) is 0 Å². The van der Waals surface area contributed by atoms with Crippen LogP contribution in [0.5, 0.6) is 0 Å². The summed E-state index contributed by atoms with van der Waals surface area (Å²) in [5.74, 6) is 0.0932. The van der Waals surface area contributed by atoms with Crippen LogP contribution in [0.25, 0.3) is 16.6 Å². The second-order valence-electron chi connectivity index (χ2n) is 7.30. The van der Waals surface area contributed by atoms with Crippen molar-refractivity contribution in [2.24, 2.45) is 0 Å². The van der Waals surface area contributed by atoms with Gasteiger partial charge in [-0.1, -0.05) is 43.0 Å². The van der Waals surface area contributed by atoms with Crippen molar-refractivity contribution in [1.29, 1.82) is 0 Å². The second-order valence-corrected chi connectivity index (χ2v) is 8.24. The van der Waals surface area contributed by atoms with Crippen molar-refractivity contribution < 1.29 is 9.53 Å². The molecule has 0 aliphatic carbocycles. The molecule has 7 heteroatoms. The number of nitrogens with zero attached hydrogens (tertiary/aromatic N) is 2. The van der Waals surface area contributed by atoms with Crippen molar-refractivity contribution in [2.45, 2.75) is 37.4 Å².